The predicted octanol–water partition coefficient (Wildman–Crippen LogP) is 2.79. The van der Waals surface area contributed by atoms with E-state index in [1.165, 1.54) is 0 Å². The van der Waals surface area contributed by atoms with Gasteiger partial charge >= 0.3 is 0 Å². The molecule has 1 unspecified atom stereocenters. The highest BCUT2D eigenvalue weighted by molar-refractivity contribution is 6.04. The third-order valence-electron chi connectivity index (χ3n) is 3.83. The molecule has 19 heavy (non-hydrogen) atoms. The van der Waals surface area contributed by atoms with Gasteiger partial charge < -0.3 is 5.11 Å². The molecule has 1 aliphatic carbocycles. The minimum atomic E-state index is -1.25. The van der Waals surface area contributed by atoms with Gasteiger partial charge in [0.2, 0.25) is 0 Å². The van der Waals surface area contributed by atoms with Crippen molar-refractivity contribution in [2.24, 2.45) is 0 Å². The molecule has 0 aromatic heterocycles. The molecule has 0 fully saturated rings. The third kappa shape index (κ3) is 2.20. The minimum Gasteiger partial charge on any atom is -0.381 e. The van der Waals surface area contributed by atoms with E-state index < -0.39 is 5.60 Å². The molecule has 0 radical (unpaired) electrons. The van der Waals surface area contributed by atoms with E-state index in [9.17, 15) is 9.90 Å². The lowest BCUT2D eigenvalue weighted by Crippen LogP contribution is -2.44. The van der Waals surface area contributed by atoms with E-state index in [1.807, 2.05) is 54.6 Å². The molecule has 0 heterocycles. The van der Waals surface area contributed by atoms with Crippen LogP contribution in [0, 0.1) is 0 Å². The number of aryl methyl sites for hydroxylation is 1. The van der Waals surface area contributed by atoms with Crippen molar-refractivity contribution in [1.29, 1.82) is 0 Å². The van der Waals surface area contributed by atoms with Crippen molar-refractivity contribution in [2.75, 3.05) is 0 Å². The Balaban J connectivity index is 1.92. The largest absolute Gasteiger partial charge is 0.381 e. The Morgan fingerprint density at radius 1 is 1.00 bits per heavy atom. The highest BCUT2D eigenvalue weighted by Gasteiger charge is 2.40. The average Bonchev–Trinajstić information content (AvgIpc) is 2.45. The molecule has 2 nitrogen and oxygen atoms in total. The zero-order chi connectivity index (χ0) is 13.3. The topological polar surface area (TPSA) is 37.3 Å². The van der Waals surface area contributed by atoms with E-state index in [0.717, 1.165) is 17.5 Å². The summed E-state index contributed by atoms with van der Waals surface area (Å²) in [7, 11) is 0. The summed E-state index contributed by atoms with van der Waals surface area (Å²) in [5, 5.41) is 10.7. The zero-order valence-corrected chi connectivity index (χ0v) is 10.7. The van der Waals surface area contributed by atoms with Crippen LogP contribution in [0.25, 0.3) is 0 Å². The molecule has 0 aliphatic heterocycles. The molecule has 3 rings (SSSR count). The molecule has 0 spiro atoms. The molecular weight excluding hydrogens is 236 g/mol. The van der Waals surface area contributed by atoms with E-state index in [4.69, 9.17) is 0 Å². The van der Waals surface area contributed by atoms with Crippen molar-refractivity contribution in [3.63, 3.8) is 0 Å². The molecule has 1 atom stereocenters. The van der Waals surface area contributed by atoms with E-state index in [1.54, 1.807) is 0 Å². The van der Waals surface area contributed by atoms with Gasteiger partial charge in [-0.05, 0) is 24.0 Å². The van der Waals surface area contributed by atoms with Gasteiger partial charge in [-0.3, -0.25) is 4.79 Å². The molecule has 0 bridgehead atoms. The van der Waals surface area contributed by atoms with Gasteiger partial charge in [-0.1, -0.05) is 54.6 Å². The number of Topliss-reactive ketones (excluding diaryl/α,β-unsaturated/α-hetero) is 1. The predicted molar refractivity (Wildman–Crippen MR) is 74.2 cm³/mol. The maximum atomic E-state index is 12.5. The van der Waals surface area contributed by atoms with Crippen molar-refractivity contribution < 1.29 is 9.90 Å². The summed E-state index contributed by atoms with van der Waals surface area (Å²) in [5.74, 6) is -0.141. The number of rotatable bonds is 2. The van der Waals surface area contributed by atoms with E-state index >= 15 is 0 Å². The SMILES string of the molecule is O=C1c2ccccc2CCC1(O)Cc1ccccc1. The van der Waals surface area contributed by atoms with Gasteiger partial charge in [0.15, 0.2) is 5.78 Å². The van der Waals surface area contributed by atoms with E-state index in [2.05, 4.69) is 0 Å². The van der Waals surface area contributed by atoms with Crippen LogP contribution in [0.15, 0.2) is 54.6 Å². The van der Waals surface area contributed by atoms with Crippen LogP contribution in [0.3, 0.4) is 0 Å². The minimum absolute atomic E-state index is 0.141. The second-order valence-electron chi connectivity index (χ2n) is 5.18. The summed E-state index contributed by atoms with van der Waals surface area (Å²) in [6, 6.07) is 17.3. The molecule has 1 N–H and O–H groups in total. The standard InChI is InChI=1S/C17H16O2/c18-16-15-9-5-4-8-14(15)10-11-17(16,19)12-13-6-2-1-3-7-13/h1-9,19H,10-12H2. The van der Waals surface area contributed by atoms with Crippen LogP contribution < -0.4 is 0 Å². The van der Waals surface area contributed by atoms with Crippen molar-refractivity contribution in [3.05, 3.63) is 71.3 Å². The number of hydrogen-bond donors (Lipinski definition) is 1. The van der Waals surface area contributed by atoms with Gasteiger partial charge in [-0.25, -0.2) is 0 Å². The maximum absolute atomic E-state index is 12.5. The second-order valence-corrected chi connectivity index (χ2v) is 5.18. The van der Waals surface area contributed by atoms with Crippen molar-refractivity contribution in [1.82, 2.24) is 0 Å². The number of carbonyl (C=O) groups is 1. The van der Waals surface area contributed by atoms with Gasteiger partial charge in [0.25, 0.3) is 0 Å². The lowest BCUT2D eigenvalue weighted by molar-refractivity contribution is 0.0245. The maximum Gasteiger partial charge on any atom is 0.194 e. The molecule has 2 aromatic carbocycles. The molecule has 2 heteroatoms. The van der Waals surface area contributed by atoms with Gasteiger partial charge in [0.05, 0.1) is 0 Å². The highest BCUT2D eigenvalue weighted by atomic mass is 16.3. The fourth-order valence-corrected chi connectivity index (χ4v) is 2.77. The number of aliphatic hydroxyl groups is 1. The van der Waals surface area contributed by atoms with Crippen LogP contribution in [-0.4, -0.2) is 16.5 Å². The van der Waals surface area contributed by atoms with Crippen LogP contribution in [0.5, 0.6) is 0 Å². The first-order valence-corrected chi connectivity index (χ1v) is 6.58. The lowest BCUT2D eigenvalue weighted by atomic mass is 9.76. The third-order valence-corrected chi connectivity index (χ3v) is 3.83. The summed E-state index contributed by atoms with van der Waals surface area (Å²) in [5.41, 5.74) is 1.46. The summed E-state index contributed by atoms with van der Waals surface area (Å²) in [4.78, 5) is 12.5. The van der Waals surface area contributed by atoms with Crippen molar-refractivity contribution >= 4 is 5.78 Å². The summed E-state index contributed by atoms with van der Waals surface area (Å²) in [6.45, 7) is 0. The Morgan fingerprint density at radius 3 is 2.47 bits per heavy atom. The Hall–Kier alpha value is -1.93. The Labute approximate surface area is 112 Å². The number of fused-ring (bicyclic) bond motifs is 1. The Kier molecular flexibility index (Phi) is 2.96. The molecule has 0 saturated heterocycles. The van der Waals surface area contributed by atoms with Gasteiger partial charge in [0.1, 0.15) is 5.60 Å². The van der Waals surface area contributed by atoms with Crippen molar-refractivity contribution in [2.45, 2.75) is 24.9 Å². The molecule has 1 aliphatic rings. The highest BCUT2D eigenvalue weighted by Crippen LogP contribution is 2.31. The number of ketones is 1. The molecule has 2 aromatic rings. The normalized spacial score (nSPS) is 22.1. The van der Waals surface area contributed by atoms with Crippen LogP contribution in [0.2, 0.25) is 0 Å². The van der Waals surface area contributed by atoms with Crippen LogP contribution in [-0.2, 0) is 12.8 Å². The summed E-state index contributed by atoms with van der Waals surface area (Å²) >= 11 is 0. The first-order chi connectivity index (χ1) is 9.19. The van der Waals surface area contributed by atoms with Crippen molar-refractivity contribution in [3.8, 4) is 0 Å². The van der Waals surface area contributed by atoms with Crippen LogP contribution >= 0.6 is 0 Å². The molecule has 0 amide bonds. The summed E-state index contributed by atoms with van der Waals surface area (Å²) in [6.07, 6.45) is 1.64. The molecule has 0 saturated carbocycles. The fraction of sp³-hybridized carbons (Fsp3) is 0.235. The number of carbonyl (C=O) groups excluding carboxylic acids is 1. The Bertz CT molecular complexity index is 604. The lowest BCUT2D eigenvalue weighted by Gasteiger charge is -2.32. The second kappa shape index (κ2) is 4.63. The molecular formula is C17H16O2. The smallest absolute Gasteiger partial charge is 0.194 e. The first kappa shape index (κ1) is 12.1. The summed E-state index contributed by atoms with van der Waals surface area (Å²) < 4.78 is 0. The monoisotopic (exact) mass is 252 g/mol. The molecule has 96 valence electrons. The fourth-order valence-electron chi connectivity index (χ4n) is 2.77. The average molecular weight is 252 g/mol. The number of hydrogen-bond acceptors (Lipinski definition) is 2. The number of benzene rings is 2. The van der Waals surface area contributed by atoms with E-state index in [0.29, 0.717) is 18.4 Å². The van der Waals surface area contributed by atoms with Crippen LogP contribution in [0.1, 0.15) is 27.9 Å². The Morgan fingerprint density at radius 2 is 1.68 bits per heavy atom. The van der Waals surface area contributed by atoms with Crippen LogP contribution in [0.4, 0.5) is 0 Å². The quantitative estimate of drug-likeness (QED) is 0.892. The van der Waals surface area contributed by atoms with Gasteiger partial charge in [-0.15, -0.1) is 0 Å². The van der Waals surface area contributed by atoms with Gasteiger partial charge in [0, 0.05) is 12.0 Å². The van der Waals surface area contributed by atoms with E-state index in [-0.39, 0.29) is 5.78 Å². The first-order valence-electron chi connectivity index (χ1n) is 6.58. The van der Waals surface area contributed by atoms with Gasteiger partial charge in [-0.2, -0.15) is 0 Å². The zero-order valence-electron chi connectivity index (χ0n) is 10.7.